The van der Waals surface area contributed by atoms with Gasteiger partial charge in [-0.25, -0.2) is 0 Å². The van der Waals surface area contributed by atoms with Gasteiger partial charge >= 0.3 is 0 Å². The van der Waals surface area contributed by atoms with Crippen molar-refractivity contribution in [2.45, 2.75) is 37.8 Å². The Kier molecular flexibility index (Phi) is 12.8. The van der Waals surface area contributed by atoms with E-state index in [-0.39, 0.29) is 29.2 Å². The average molecular weight is 851 g/mol. The molecule has 0 saturated carbocycles. The molecule has 11 nitrogen and oxygen atoms in total. The number of nitrogens with zero attached hydrogens (tertiary/aromatic N) is 2. The number of aromatic hydroxyl groups is 1. The molecule has 0 radical (unpaired) electrons. The van der Waals surface area contributed by atoms with Gasteiger partial charge in [0.2, 0.25) is 5.75 Å². The fourth-order valence-electron chi connectivity index (χ4n) is 8.85. The zero-order chi connectivity index (χ0) is 44.2. The molecular weight excluding hydrogens is 797 g/mol. The van der Waals surface area contributed by atoms with Crippen LogP contribution in [0.3, 0.4) is 0 Å². The van der Waals surface area contributed by atoms with E-state index in [4.69, 9.17) is 33.2 Å². The van der Waals surface area contributed by atoms with Crippen molar-refractivity contribution in [2.24, 2.45) is 0 Å². The van der Waals surface area contributed by atoms with Crippen LogP contribution < -0.4 is 33.2 Å². The van der Waals surface area contributed by atoms with Crippen molar-refractivity contribution in [3.05, 3.63) is 154 Å². The Hall–Kier alpha value is -6.69. The summed E-state index contributed by atoms with van der Waals surface area (Å²) in [5, 5.41) is 9.75. The van der Waals surface area contributed by atoms with Crippen LogP contribution in [0.25, 0.3) is 0 Å². The van der Waals surface area contributed by atoms with Gasteiger partial charge in [-0.3, -0.25) is 14.6 Å². The van der Waals surface area contributed by atoms with Crippen molar-refractivity contribution in [3.8, 4) is 57.5 Å². The standard InChI is InChI=1S/C38H42N2O6.C14H12O3/c1-39-15-13-25-20-32(42-4)34-22-28(25)29(39)17-23-7-10-27(11-8-23)45-33-19-24(9-12-31(33)41-3)18-30-36-26(14-16-40(30)2)21-35(43-5)37(44-6)38(36)46-34;1-17-11-7-8-12(13(15)9-11)14(16)10-5-3-2-4-6-10/h7-12,19-22,29-30H,13-18H2,1-6H3;2-9,15H,1H3. The minimum absolute atomic E-state index is 0.000437. The highest BCUT2D eigenvalue weighted by atomic mass is 16.5. The lowest BCUT2D eigenvalue weighted by molar-refractivity contribution is 0.103. The number of methoxy groups -OCH3 is 5. The van der Waals surface area contributed by atoms with Gasteiger partial charge in [0.15, 0.2) is 40.3 Å². The number of hydrogen-bond donors (Lipinski definition) is 1. The first-order valence-corrected chi connectivity index (χ1v) is 21.1. The minimum Gasteiger partial charge on any atom is -0.507 e. The zero-order valence-electron chi connectivity index (χ0n) is 36.9. The summed E-state index contributed by atoms with van der Waals surface area (Å²) in [6, 6.07) is 34.7. The SMILES string of the molecule is COc1ccc(C(=O)c2ccccc2)c(O)c1.COc1ccc2cc1Oc1ccc(cc1)CC1c3cc(c(OC)cc3CCN1C)Oc1c(OC)c(OC)cc3c1C(C2)N(C)CC3. The molecule has 6 bridgehead atoms. The lowest BCUT2D eigenvalue weighted by Crippen LogP contribution is -2.34. The topological polar surface area (TPSA) is 108 Å². The Morgan fingerprint density at radius 1 is 0.619 bits per heavy atom. The fraction of sp³-hybridized carbons (Fsp3) is 0.288. The summed E-state index contributed by atoms with van der Waals surface area (Å²) in [7, 11) is 12.6. The summed E-state index contributed by atoms with van der Waals surface area (Å²) in [5.74, 6) is 5.66. The maximum Gasteiger partial charge on any atom is 0.204 e. The van der Waals surface area contributed by atoms with E-state index in [2.05, 4.69) is 66.4 Å². The number of carbonyl (C=O) groups excluding carboxylic acids is 1. The third-order valence-electron chi connectivity index (χ3n) is 12.3. The van der Waals surface area contributed by atoms with Crippen LogP contribution in [-0.2, 0) is 25.7 Å². The van der Waals surface area contributed by atoms with E-state index in [9.17, 15) is 9.90 Å². The first-order valence-electron chi connectivity index (χ1n) is 21.1. The van der Waals surface area contributed by atoms with Crippen LogP contribution in [0.15, 0.2) is 109 Å². The number of likely N-dealkylation sites (N-methyl/N-ethyl adjacent to an activating group) is 2. The highest BCUT2D eigenvalue weighted by Gasteiger charge is 2.35. The molecule has 0 spiro atoms. The second-order valence-electron chi connectivity index (χ2n) is 16.0. The summed E-state index contributed by atoms with van der Waals surface area (Å²) < 4.78 is 42.1. The molecule has 0 aromatic heterocycles. The molecule has 2 atom stereocenters. The molecule has 326 valence electrons. The number of ketones is 1. The van der Waals surface area contributed by atoms with Crippen molar-refractivity contribution in [2.75, 3.05) is 62.7 Å². The summed E-state index contributed by atoms with van der Waals surface area (Å²) in [4.78, 5) is 16.9. The summed E-state index contributed by atoms with van der Waals surface area (Å²) in [6.45, 7) is 1.86. The molecule has 0 aliphatic carbocycles. The molecule has 10 rings (SSSR count). The van der Waals surface area contributed by atoms with Crippen molar-refractivity contribution >= 4 is 5.78 Å². The van der Waals surface area contributed by atoms with Crippen molar-refractivity contribution in [1.82, 2.24) is 9.80 Å². The molecule has 6 aromatic carbocycles. The molecule has 2 unspecified atom stereocenters. The van der Waals surface area contributed by atoms with E-state index >= 15 is 0 Å². The highest BCUT2D eigenvalue weighted by Crippen LogP contribution is 2.52. The van der Waals surface area contributed by atoms with Gasteiger partial charge in [0, 0.05) is 42.4 Å². The summed E-state index contributed by atoms with van der Waals surface area (Å²) in [5.41, 5.74) is 7.98. The van der Waals surface area contributed by atoms with Crippen LogP contribution in [0.5, 0.6) is 57.5 Å². The van der Waals surface area contributed by atoms with Crippen molar-refractivity contribution in [1.29, 1.82) is 0 Å². The normalized spacial score (nSPS) is 16.7. The number of benzene rings is 6. The number of phenolic OH excluding ortho intramolecular Hbond substituents is 1. The predicted octanol–water partition coefficient (Wildman–Crippen LogP) is 9.79. The largest absolute Gasteiger partial charge is 0.507 e. The van der Waals surface area contributed by atoms with Crippen LogP contribution in [0.1, 0.15) is 61.4 Å². The molecule has 4 aliphatic rings. The first-order chi connectivity index (χ1) is 30.6. The predicted molar refractivity (Wildman–Crippen MR) is 242 cm³/mol. The molecule has 4 aliphatic heterocycles. The van der Waals surface area contributed by atoms with Gasteiger partial charge in [-0.1, -0.05) is 48.5 Å². The Morgan fingerprint density at radius 3 is 1.95 bits per heavy atom. The van der Waals surface area contributed by atoms with E-state index in [1.54, 1.807) is 64.8 Å². The monoisotopic (exact) mass is 850 g/mol. The number of hydrogen-bond acceptors (Lipinski definition) is 11. The van der Waals surface area contributed by atoms with Gasteiger partial charge in [-0.2, -0.15) is 0 Å². The van der Waals surface area contributed by atoms with Crippen LogP contribution in [0, 0.1) is 0 Å². The second kappa shape index (κ2) is 18.7. The molecule has 0 saturated heterocycles. The third-order valence-corrected chi connectivity index (χ3v) is 12.3. The van der Waals surface area contributed by atoms with E-state index in [0.29, 0.717) is 51.6 Å². The Bertz CT molecular complexity index is 2600. The van der Waals surface area contributed by atoms with Gasteiger partial charge in [-0.15, -0.1) is 0 Å². The molecule has 11 heteroatoms. The van der Waals surface area contributed by atoms with Crippen molar-refractivity contribution in [3.63, 3.8) is 0 Å². The van der Waals surface area contributed by atoms with E-state index in [1.807, 2.05) is 24.3 Å². The molecule has 0 amide bonds. The zero-order valence-corrected chi connectivity index (χ0v) is 36.9. The molecule has 6 aromatic rings. The summed E-state index contributed by atoms with van der Waals surface area (Å²) >= 11 is 0. The lowest BCUT2D eigenvalue weighted by Gasteiger charge is -2.37. The van der Waals surface area contributed by atoms with Gasteiger partial charge < -0.3 is 38.3 Å². The molecular formula is C52H54N2O9. The van der Waals surface area contributed by atoms with Gasteiger partial charge in [0.1, 0.15) is 17.2 Å². The second-order valence-corrected chi connectivity index (χ2v) is 16.0. The number of phenols is 1. The van der Waals surface area contributed by atoms with Crippen LogP contribution in [-0.4, -0.2) is 83.4 Å². The van der Waals surface area contributed by atoms with Crippen LogP contribution >= 0.6 is 0 Å². The van der Waals surface area contributed by atoms with Gasteiger partial charge in [0.25, 0.3) is 0 Å². The number of carbonyl (C=O) groups is 1. The molecule has 0 fully saturated rings. The maximum atomic E-state index is 12.1. The fourth-order valence-corrected chi connectivity index (χ4v) is 8.85. The highest BCUT2D eigenvalue weighted by molar-refractivity contribution is 6.10. The number of ether oxygens (including phenoxy) is 7. The van der Waals surface area contributed by atoms with E-state index in [1.165, 1.54) is 35.4 Å². The number of rotatable bonds is 7. The quantitative estimate of drug-likeness (QED) is 0.155. The smallest absolute Gasteiger partial charge is 0.204 e. The third kappa shape index (κ3) is 8.84. The van der Waals surface area contributed by atoms with Gasteiger partial charge in [-0.05, 0) is 122 Å². The lowest BCUT2D eigenvalue weighted by atomic mass is 9.87. The average Bonchev–Trinajstić information content (AvgIpc) is 3.31. The Morgan fingerprint density at radius 2 is 1.27 bits per heavy atom. The molecule has 63 heavy (non-hydrogen) atoms. The van der Waals surface area contributed by atoms with Gasteiger partial charge in [0.05, 0.1) is 41.1 Å². The Labute approximate surface area is 369 Å². The van der Waals surface area contributed by atoms with E-state index in [0.717, 1.165) is 55.6 Å². The molecule has 1 N–H and O–H groups in total. The first kappa shape index (κ1) is 43.0. The number of fused-ring (bicyclic) bond motifs is 2. The van der Waals surface area contributed by atoms with Crippen LogP contribution in [0.2, 0.25) is 0 Å². The molecule has 4 heterocycles. The summed E-state index contributed by atoms with van der Waals surface area (Å²) in [6.07, 6.45) is 3.37. The Balaban J connectivity index is 0.000000268. The van der Waals surface area contributed by atoms with Crippen LogP contribution in [0.4, 0.5) is 0 Å². The minimum atomic E-state index is -0.203. The van der Waals surface area contributed by atoms with E-state index < -0.39 is 0 Å². The maximum absolute atomic E-state index is 12.1. The van der Waals surface area contributed by atoms with Crippen molar-refractivity contribution < 1.29 is 43.1 Å².